The van der Waals surface area contributed by atoms with Crippen molar-refractivity contribution in [1.29, 1.82) is 0 Å². The van der Waals surface area contributed by atoms with Gasteiger partial charge in [-0.15, -0.1) is 0 Å². The van der Waals surface area contributed by atoms with Crippen LogP contribution in [0.1, 0.15) is 37.8 Å². The van der Waals surface area contributed by atoms with Gasteiger partial charge < -0.3 is 15.0 Å². The molecule has 1 aromatic rings. The van der Waals surface area contributed by atoms with Crippen molar-refractivity contribution in [3.05, 3.63) is 29.3 Å². The molecular weight excluding hydrogens is 337 g/mol. The molecule has 3 rings (SSSR count). The first-order chi connectivity index (χ1) is 11.5. The zero-order chi connectivity index (χ0) is 18.6. The van der Waals surface area contributed by atoms with E-state index in [9.17, 15) is 22.8 Å². The molecule has 8 heteroatoms. The number of benzene rings is 1. The number of halogens is 3. The van der Waals surface area contributed by atoms with E-state index in [1.165, 1.54) is 11.0 Å². The van der Waals surface area contributed by atoms with Gasteiger partial charge in [-0.3, -0.25) is 4.79 Å². The second-order valence-corrected chi connectivity index (χ2v) is 7.36. The second-order valence-electron chi connectivity index (χ2n) is 7.36. The van der Waals surface area contributed by atoms with Crippen molar-refractivity contribution in [1.82, 2.24) is 4.90 Å². The summed E-state index contributed by atoms with van der Waals surface area (Å²) >= 11 is 0. The minimum Gasteiger partial charge on any atom is -0.444 e. The molecule has 5 nitrogen and oxygen atoms in total. The van der Waals surface area contributed by atoms with Crippen LogP contribution in [0, 0.1) is 5.92 Å². The van der Waals surface area contributed by atoms with Gasteiger partial charge in [-0.05, 0) is 32.4 Å². The van der Waals surface area contributed by atoms with Gasteiger partial charge in [0.1, 0.15) is 5.60 Å². The fourth-order valence-corrected chi connectivity index (χ4v) is 3.33. The van der Waals surface area contributed by atoms with Crippen LogP contribution in [0.2, 0.25) is 0 Å². The minimum atomic E-state index is -4.56. The lowest BCUT2D eigenvalue weighted by atomic mass is 9.83. The standard InChI is InChI=1S/C17H19F3N2O3/c1-16(2,3)25-15(24)22-7-10-9-5-4-6-12(17(18,19)20)13(9)21-14(23)11(10)8-22/h4-6,10-11H,7-8H2,1-3H3,(H,21,23)/t10-,11+/m0/s1. The molecule has 2 aliphatic heterocycles. The van der Waals surface area contributed by atoms with Crippen LogP contribution in [0.4, 0.5) is 23.7 Å². The highest BCUT2D eigenvalue weighted by Crippen LogP contribution is 2.46. The van der Waals surface area contributed by atoms with Crippen molar-refractivity contribution in [2.45, 2.75) is 38.5 Å². The summed E-state index contributed by atoms with van der Waals surface area (Å²) in [5.41, 5.74) is -1.35. The molecule has 0 spiro atoms. The molecular formula is C17H19F3N2O3. The summed E-state index contributed by atoms with van der Waals surface area (Å²) in [6.07, 6.45) is -5.13. The number of para-hydroxylation sites is 1. The third-order valence-electron chi connectivity index (χ3n) is 4.36. The molecule has 0 saturated carbocycles. The highest BCUT2D eigenvalue weighted by molar-refractivity contribution is 5.98. The Labute approximate surface area is 143 Å². The van der Waals surface area contributed by atoms with E-state index in [2.05, 4.69) is 5.32 Å². The number of amides is 2. The van der Waals surface area contributed by atoms with Gasteiger partial charge in [0.2, 0.25) is 5.91 Å². The number of hydrogen-bond donors (Lipinski definition) is 1. The van der Waals surface area contributed by atoms with Crippen LogP contribution in [0.15, 0.2) is 18.2 Å². The summed E-state index contributed by atoms with van der Waals surface area (Å²) in [5.74, 6) is -1.55. The van der Waals surface area contributed by atoms with Gasteiger partial charge in [0.05, 0.1) is 17.2 Å². The summed E-state index contributed by atoms with van der Waals surface area (Å²) in [7, 11) is 0. The summed E-state index contributed by atoms with van der Waals surface area (Å²) < 4.78 is 44.9. The van der Waals surface area contributed by atoms with Gasteiger partial charge >= 0.3 is 12.3 Å². The molecule has 136 valence electrons. The van der Waals surface area contributed by atoms with E-state index in [1.807, 2.05) is 0 Å². The highest BCUT2D eigenvalue weighted by atomic mass is 19.4. The van der Waals surface area contributed by atoms with Crippen LogP contribution in [0.5, 0.6) is 0 Å². The number of nitrogens with one attached hydrogen (secondary N) is 1. The number of alkyl halides is 3. The van der Waals surface area contributed by atoms with Crippen molar-refractivity contribution >= 4 is 17.7 Å². The lowest BCUT2D eigenvalue weighted by molar-refractivity contribution is -0.137. The first kappa shape index (κ1) is 17.6. The molecule has 0 aliphatic carbocycles. The molecule has 1 fully saturated rings. The number of anilines is 1. The number of ether oxygens (including phenoxy) is 1. The van der Waals surface area contributed by atoms with Gasteiger partial charge in [-0.1, -0.05) is 12.1 Å². The first-order valence-corrected chi connectivity index (χ1v) is 7.96. The Morgan fingerprint density at radius 3 is 2.44 bits per heavy atom. The number of likely N-dealkylation sites (tertiary alicyclic amines) is 1. The third kappa shape index (κ3) is 3.29. The van der Waals surface area contributed by atoms with Crippen LogP contribution < -0.4 is 5.32 Å². The molecule has 1 aromatic carbocycles. The molecule has 0 bridgehead atoms. The van der Waals surface area contributed by atoms with Crippen molar-refractivity contribution < 1.29 is 27.5 Å². The molecule has 0 radical (unpaired) electrons. The Balaban J connectivity index is 1.92. The quantitative estimate of drug-likeness (QED) is 0.773. The molecule has 0 aromatic heterocycles. The van der Waals surface area contributed by atoms with E-state index >= 15 is 0 Å². The third-order valence-corrected chi connectivity index (χ3v) is 4.36. The highest BCUT2D eigenvalue weighted by Gasteiger charge is 2.47. The fraction of sp³-hybridized carbons (Fsp3) is 0.529. The average Bonchev–Trinajstić information content (AvgIpc) is 2.90. The maximum atomic E-state index is 13.2. The van der Waals surface area contributed by atoms with Gasteiger partial charge in [0, 0.05) is 19.0 Å². The SMILES string of the molecule is CC(C)(C)OC(=O)N1C[C@H]2C(=O)Nc3c(cccc3C(F)(F)F)[C@@H]2C1. The summed E-state index contributed by atoms with van der Waals surface area (Å²) in [5, 5.41) is 2.38. The Hall–Kier alpha value is -2.25. The Morgan fingerprint density at radius 1 is 1.20 bits per heavy atom. The zero-order valence-corrected chi connectivity index (χ0v) is 14.1. The van der Waals surface area contributed by atoms with E-state index in [-0.39, 0.29) is 18.8 Å². The van der Waals surface area contributed by atoms with E-state index in [0.29, 0.717) is 5.56 Å². The molecule has 2 amide bonds. The minimum absolute atomic E-state index is 0.126. The summed E-state index contributed by atoms with van der Waals surface area (Å²) in [4.78, 5) is 25.9. The van der Waals surface area contributed by atoms with E-state index < -0.39 is 41.2 Å². The van der Waals surface area contributed by atoms with E-state index in [0.717, 1.165) is 6.07 Å². The van der Waals surface area contributed by atoms with Crippen LogP contribution in [-0.4, -0.2) is 35.6 Å². The topological polar surface area (TPSA) is 58.6 Å². The monoisotopic (exact) mass is 356 g/mol. The lowest BCUT2D eigenvalue weighted by Gasteiger charge is -2.29. The number of carbonyl (C=O) groups excluding carboxylic acids is 2. The molecule has 1 N–H and O–H groups in total. The van der Waals surface area contributed by atoms with Crippen LogP contribution in [-0.2, 0) is 15.7 Å². The van der Waals surface area contributed by atoms with Crippen LogP contribution in [0.3, 0.4) is 0 Å². The Bertz CT molecular complexity index is 725. The van der Waals surface area contributed by atoms with Gasteiger partial charge in [0.15, 0.2) is 0 Å². The van der Waals surface area contributed by atoms with Crippen LogP contribution >= 0.6 is 0 Å². The average molecular weight is 356 g/mol. The van der Waals surface area contributed by atoms with Crippen molar-refractivity contribution in [2.24, 2.45) is 5.92 Å². The molecule has 0 unspecified atom stereocenters. The number of rotatable bonds is 0. The predicted octanol–water partition coefficient (Wildman–Crippen LogP) is 3.61. The molecule has 25 heavy (non-hydrogen) atoms. The lowest BCUT2D eigenvalue weighted by Crippen LogP contribution is -2.36. The second kappa shape index (κ2) is 5.64. The van der Waals surface area contributed by atoms with E-state index in [4.69, 9.17) is 4.74 Å². The molecule has 2 heterocycles. The largest absolute Gasteiger partial charge is 0.444 e. The molecule has 2 atom stereocenters. The van der Waals surface area contributed by atoms with E-state index in [1.54, 1.807) is 26.8 Å². The number of hydrogen-bond acceptors (Lipinski definition) is 3. The number of carbonyl (C=O) groups is 2. The first-order valence-electron chi connectivity index (χ1n) is 7.96. The van der Waals surface area contributed by atoms with Crippen molar-refractivity contribution in [3.63, 3.8) is 0 Å². The molecule has 2 aliphatic rings. The smallest absolute Gasteiger partial charge is 0.418 e. The summed E-state index contributed by atoms with van der Waals surface area (Å²) in [6.45, 7) is 5.46. The number of fused-ring (bicyclic) bond motifs is 3. The molecule has 1 saturated heterocycles. The van der Waals surface area contributed by atoms with Crippen molar-refractivity contribution in [3.8, 4) is 0 Å². The van der Waals surface area contributed by atoms with Crippen molar-refractivity contribution in [2.75, 3.05) is 18.4 Å². The fourth-order valence-electron chi connectivity index (χ4n) is 3.33. The Kier molecular flexibility index (Phi) is 3.96. The predicted molar refractivity (Wildman–Crippen MR) is 84.1 cm³/mol. The maximum Gasteiger partial charge on any atom is 0.418 e. The van der Waals surface area contributed by atoms with Crippen LogP contribution in [0.25, 0.3) is 0 Å². The normalized spacial score (nSPS) is 23.0. The number of nitrogens with zero attached hydrogens (tertiary/aromatic N) is 1. The van der Waals surface area contributed by atoms with Gasteiger partial charge in [0.25, 0.3) is 0 Å². The Morgan fingerprint density at radius 2 is 1.84 bits per heavy atom. The summed E-state index contributed by atoms with van der Waals surface area (Å²) in [6, 6.07) is 3.84. The van der Waals surface area contributed by atoms with Gasteiger partial charge in [-0.2, -0.15) is 13.2 Å². The van der Waals surface area contributed by atoms with Gasteiger partial charge in [-0.25, -0.2) is 4.79 Å². The maximum absolute atomic E-state index is 13.2. The zero-order valence-electron chi connectivity index (χ0n) is 14.1.